The highest BCUT2D eigenvalue weighted by molar-refractivity contribution is 8.00. The van der Waals surface area contributed by atoms with Crippen molar-refractivity contribution in [1.29, 1.82) is 0 Å². The van der Waals surface area contributed by atoms with Gasteiger partial charge in [0.2, 0.25) is 0 Å². The first kappa shape index (κ1) is 19.2. The Morgan fingerprint density at radius 1 is 1.20 bits per heavy atom. The quantitative estimate of drug-likeness (QED) is 0.755. The molecule has 0 aliphatic rings. The molecule has 25 heavy (non-hydrogen) atoms. The monoisotopic (exact) mass is 392 g/mol. The van der Waals surface area contributed by atoms with Crippen LogP contribution < -0.4 is 0 Å². The molecule has 2 aromatic rings. The molecule has 0 saturated carbocycles. The van der Waals surface area contributed by atoms with E-state index in [0.717, 1.165) is 17.8 Å². The highest BCUT2D eigenvalue weighted by Gasteiger charge is 2.31. The van der Waals surface area contributed by atoms with Crippen molar-refractivity contribution >= 4 is 27.6 Å². The van der Waals surface area contributed by atoms with Gasteiger partial charge in [-0.15, -0.1) is 11.8 Å². The fourth-order valence-corrected chi connectivity index (χ4v) is 4.30. The third kappa shape index (κ3) is 4.92. The minimum atomic E-state index is -4.60. The summed E-state index contributed by atoms with van der Waals surface area (Å²) in [5.41, 5.74) is -1.10. The SMILES string of the molecule is O=C(O)c1cccnc1SCCS(=O)(=O)c1ccc(C(F)(F)F)cn1. The Bertz CT molecular complexity index is 868. The summed E-state index contributed by atoms with van der Waals surface area (Å²) in [5.74, 6) is -1.64. The van der Waals surface area contributed by atoms with Gasteiger partial charge in [-0.3, -0.25) is 0 Å². The first-order valence-electron chi connectivity index (χ1n) is 6.68. The van der Waals surface area contributed by atoms with Crippen LogP contribution in [0.15, 0.2) is 46.7 Å². The number of nitrogens with zero attached hydrogens (tertiary/aromatic N) is 2. The van der Waals surface area contributed by atoms with E-state index in [4.69, 9.17) is 5.11 Å². The zero-order chi connectivity index (χ0) is 18.7. The molecular formula is C14H11F3N2O4S2. The Morgan fingerprint density at radius 2 is 1.92 bits per heavy atom. The minimum Gasteiger partial charge on any atom is -0.478 e. The molecule has 6 nitrogen and oxygen atoms in total. The maximum absolute atomic E-state index is 12.5. The maximum Gasteiger partial charge on any atom is 0.417 e. The number of carbonyl (C=O) groups is 1. The predicted octanol–water partition coefficient (Wildman–Crippen LogP) is 2.76. The van der Waals surface area contributed by atoms with Crippen molar-refractivity contribution in [3.63, 3.8) is 0 Å². The van der Waals surface area contributed by atoms with Crippen LogP contribution in [0.4, 0.5) is 13.2 Å². The minimum absolute atomic E-state index is 0.0255. The number of aromatic nitrogens is 2. The van der Waals surface area contributed by atoms with Gasteiger partial charge in [0.15, 0.2) is 14.9 Å². The molecule has 0 fully saturated rings. The zero-order valence-electron chi connectivity index (χ0n) is 12.4. The Hall–Kier alpha value is -2.14. The lowest BCUT2D eigenvalue weighted by atomic mass is 10.3. The number of aromatic carboxylic acids is 1. The lowest BCUT2D eigenvalue weighted by Crippen LogP contribution is -2.13. The molecule has 2 rings (SSSR count). The van der Waals surface area contributed by atoms with Gasteiger partial charge in [0.25, 0.3) is 0 Å². The summed E-state index contributed by atoms with van der Waals surface area (Å²) in [6.07, 6.45) is -2.76. The first-order chi connectivity index (χ1) is 11.6. The molecule has 0 bridgehead atoms. The third-order valence-electron chi connectivity index (χ3n) is 2.97. The number of alkyl halides is 3. The molecule has 0 atom stereocenters. The van der Waals surface area contributed by atoms with Crippen molar-refractivity contribution < 1.29 is 31.5 Å². The molecule has 134 valence electrons. The van der Waals surface area contributed by atoms with Gasteiger partial charge in [0.1, 0.15) is 5.03 Å². The summed E-state index contributed by atoms with van der Waals surface area (Å²) in [6, 6.07) is 4.22. The number of carboxylic acid groups (broad SMARTS) is 1. The molecule has 2 aromatic heterocycles. The molecule has 0 saturated heterocycles. The lowest BCUT2D eigenvalue weighted by molar-refractivity contribution is -0.137. The molecule has 0 aliphatic carbocycles. The van der Waals surface area contributed by atoms with E-state index in [1.165, 1.54) is 18.3 Å². The highest BCUT2D eigenvalue weighted by atomic mass is 32.2. The molecule has 2 heterocycles. The number of halogens is 3. The van der Waals surface area contributed by atoms with Crippen LogP contribution in [0.1, 0.15) is 15.9 Å². The second kappa shape index (κ2) is 7.40. The number of thioether (sulfide) groups is 1. The summed E-state index contributed by atoms with van der Waals surface area (Å²) in [5, 5.41) is 8.71. The second-order valence-electron chi connectivity index (χ2n) is 4.71. The zero-order valence-corrected chi connectivity index (χ0v) is 14.0. The lowest BCUT2D eigenvalue weighted by Gasteiger charge is -2.08. The Kier molecular flexibility index (Phi) is 5.68. The molecule has 11 heteroatoms. The van der Waals surface area contributed by atoms with Crippen molar-refractivity contribution in [3.05, 3.63) is 47.8 Å². The average Bonchev–Trinajstić information content (AvgIpc) is 2.54. The number of sulfone groups is 1. The van der Waals surface area contributed by atoms with E-state index in [1.807, 2.05) is 0 Å². The third-order valence-corrected chi connectivity index (χ3v) is 5.86. The molecule has 0 amide bonds. The summed E-state index contributed by atoms with van der Waals surface area (Å²) in [7, 11) is -3.90. The van der Waals surface area contributed by atoms with Crippen LogP contribution in [0, 0.1) is 0 Å². The van der Waals surface area contributed by atoms with Gasteiger partial charge in [0, 0.05) is 18.1 Å². The van der Waals surface area contributed by atoms with Crippen molar-refractivity contribution in [2.45, 2.75) is 16.2 Å². The molecule has 0 spiro atoms. The van der Waals surface area contributed by atoms with Crippen LogP contribution >= 0.6 is 11.8 Å². The van der Waals surface area contributed by atoms with Crippen molar-refractivity contribution in [2.75, 3.05) is 11.5 Å². The van der Waals surface area contributed by atoms with Gasteiger partial charge >= 0.3 is 12.1 Å². The van der Waals surface area contributed by atoms with Crippen molar-refractivity contribution in [2.24, 2.45) is 0 Å². The van der Waals surface area contributed by atoms with Crippen LogP contribution in [0.5, 0.6) is 0 Å². The number of hydrogen-bond acceptors (Lipinski definition) is 6. The van der Waals surface area contributed by atoms with E-state index >= 15 is 0 Å². The molecule has 0 unspecified atom stereocenters. The summed E-state index contributed by atoms with van der Waals surface area (Å²) >= 11 is 0.925. The molecule has 0 aromatic carbocycles. The Balaban J connectivity index is 2.06. The van der Waals surface area contributed by atoms with Crippen LogP contribution in [0.2, 0.25) is 0 Å². The smallest absolute Gasteiger partial charge is 0.417 e. The van der Waals surface area contributed by atoms with E-state index in [2.05, 4.69) is 9.97 Å². The predicted molar refractivity (Wildman–Crippen MR) is 83.2 cm³/mol. The van der Waals surface area contributed by atoms with Gasteiger partial charge in [0.05, 0.1) is 16.9 Å². The Labute approximate surface area is 145 Å². The summed E-state index contributed by atoms with van der Waals surface area (Å²) in [4.78, 5) is 18.3. The standard InChI is InChI=1S/C14H11F3N2O4S2/c15-14(16,17)9-3-4-11(19-8-9)25(22,23)7-6-24-12-10(13(20)21)2-1-5-18-12/h1-5,8H,6-7H2,(H,20,21). The first-order valence-corrected chi connectivity index (χ1v) is 9.32. The maximum atomic E-state index is 12.5. The Morgan fingerprint density at radius 3 is 2.48 bits per heavy atom. The van der Waals surface area contributed by atoms with E-state index in [0.29, 0.717) is 12.3 Å². The number of hydrogen-bond donors (Lipinski definition) is 1. The topological polar surface area (TPSA) is 97.2 Å². The van der Waals surface area contributed by atoms with Crippen LogP contribution in [0.25, 0.3) is 0 Å². The normalized spacial score (nSPS) is 12.1. The van der Waals surface area contributed by atoms with E-state index in [9.17, 15) is 26.4 Å². The van der Waals surface area contributed by atoms with E-state index < -0.39 is 38.3 Å². The largest absolute Gasteiger partial charge is 0.478 e. The van der Waals surface area contributed by atoms with Crippen molar-refractivity contribution in [1.82, 2.24) is 9.97 Å². The highest BCUT2D eigenvalue weighted by Crippen LogP contribution is 2.29. The van der Waals surface area contributed by atoms with Crippen LogP contribution in [0.3, 0.4) is 0 Å². The second-order valence-corrected chi connectivity index (χ2v) is 7.85. The molecule has 0 radical (unpaired) electrons. The average molecular weight is 392 g/mol. The fraction of sp³-hybridized carbons (Fsp3) is 0.214. The summed E-state index contributed by atoms with van der Waals surface area (Å²) in [6.45, 7) is 0. The van der Waals surface area contributed by atoms with E-state index in [-0.39, 0.29) is 16.3 Å². The van der Waals surface area contributed by atoms with E-state index in [1.54, 1.807) is 0 Å². The van der Waals surface area contributed by atoms with Gasteiger partial charge in [-0.05, 0) is 24.3 Å². The molecular weight excluding hydrogens is 381 g/mol. The van der Waals surface area contributed by atoms with Gasteiger partial charge < -0.3 is 5.11 Å². The fourth-order valence-electron chi connectivity index (χ4n) is 1.75. The number of pyridine rings is 2. The van der Waals surface area contributed by atoms with Crippen LogP contribution in [-0.2, 0) is 16.0 Å². The molecule has 0 aliphatic heterocycles. The van der Waals surface area contributed by atoms with Crippen LogP contribution in [-0.4, -0.2) is 41.0 Å². The summed E-state index contributed by atoms with van der Waals surface area (Å²) < 4.78 is 61.6. The van der Waals surface area contributed by atoms with Gasteiger partial charge in [-0.1, -0.05) is 0 Å². The van der Waals surface area contributed by atoms with Gasteiger partial charge in [-0.25, -0.2) is 23.2 Å². The van der Waals surface area contributed by atoms with Gasteiger partial charge in [-0.2, -0.15) is 13.2 Å². The molecule has 1 N–H and O–H groups in total. The number of rotatable bonds is 6. The number of carboxylic acids is 1. The van der Waals surface area contributed by atoms with Crippen molar-refractivity contribution in [3.8, 4) is 0 Å².